The summed E-state index contributed by atoms with van der Waals surface area (Å²) in [5.74, 6) is -0.732. The molecule has 1 N–H and O–H groups in total. The molecule has 0 bridgehead atoms. The van der Waals surface area contributed by atoms with Crippen LogP contribution in [0.3, 0.4) is 0 Å². The van der Waals surface area contributed by atoms with Gasteiger partial charge in [0.15, 0.2) is 0 Å². The number of hydrogen-bond acceptors (Lipinski definition) is 4. The van der Waals surface area contributed by atoms with Crippen LogP contribution in [0.2, 0.25) is 5.02 Å². The van der Waals surface area contributed by atoms with E-state index in [1.165, 1.54) is 16.8 Å². The normalized spacial score (nSPS) is 24.2. The third-order valence-electron chi connectivity index (χ3n) is 4.60. The number of aliphatic hydroxyl groups excluding tert-OH is 1. The van der Waals surface area contributed by atoms with E-state index in [1.54, 1.807) is 29.2 Å². The quantitative estimate of drug-likeness (QED) is 0.802. The number of piperazine rings is 2. The summed E-state index contributed by atoms with van der Waals surface area (Å²) >= 11 is 5.83. The van der Waals surface area contributed by atoms with Crippen molar-refractivity contribution in [2.75, 3.05) is 33.3 Å². The molecule has 3 rings (SSSR count). The van der Waals surface area contributed by atoms with Gasteiger partial charge in [0.05, 0.1) is 13.2 Å². The lowest BCUT2D eigenvalue weighted by atomic mass is 10.0. The van der Waals surface area contributed by atoms with E-state index in [-0.39, 0.29) is 30.8 Å². The van der Waals surface area contributed by atoms with Crippen molar-refractivity contribution in [2.24, 2.45) is 0 Å². The molecular weight excluding hydrogens is 334 g/mol. The Labute approximate surface area is 144 Å². The van der Waals surface area contributed by atoms with Gasteiger partial charge in [0.25, 0.3) is 5.91 Å². The summed E-state index contributed by atoms with van der Waals surface area (Å²) in [6, 6.07) is 5.01. The molecule has 2 atom stereocenters. The molecule has 0 aromatic heterocycles. The van der Waals surface area contributed by atoms with E-state index in [2.05, 4.69) is 0 Å². The van der Waals surface area contributed by atoms with Crippen LogP contribution in [0.25, 0.3) is 0 Å². The van der Waals surface area contributed by atoms with Crippen LogP contribution in [-0.2, 0) is 9.59 Å². The first-order valence-electron chi connectivity index (χ1n) is 7.67. The zero-order valence-electron chi connectivity index (χ0n) is 13.2. The molecule has 0 aliphatic carbocycles. The standard InChI is InChI=1S/C16H18ClN3O4/c1-18-13(9-21)16(24)20-7-6-19(8-12(20)15(18)23)14(22)10-2-4-11(17)5-3-10/h2-5,12-13,21H,6-9H2,1H3/t12-,13+/m1/s1. The van der Waals surface area contributed by atoms with Gasteiger partial charge < -0.3 is 19.8 Å². The SMILES string of the molecule is CN1C(=O)[C@H]2CN(C(=O)c3ccc(Cl)cc3)CCN2C(=O)[C@@H]1CO. The van der Waals surface area contributed by atoms with Gasteiger partial charge in [0, 0.05) is 30.7 Å². The Bertz CT molecular complexity index is 678. The molecule has 0 radical (unpaired) electrons. The number of carbonyl (C=O) groups excluding carboxylic acids is 3. The third-order valence-corrected chi connectivity index (χ3v) is 4.85. The molecule has 2 aliphatic heterocycles. The van der Waals surface area contributed by atoms with Crippen molar-refractivity contribution >= 4 is 29.3 Å². The van der Waals surface area contributed by atoms with Gasteiger partial charge >= 0.3 is 0 Å². The summed E-state index contributed by atoms with van der Waals surface area (Å²) in [5, 5.41) is 9.88. The highest BCUT2D eigenvalue weighted by molar-refractivity contribution is 6.30. The number of fused-ring (bicyclic) bond motifs is 1. The maximum Gasteiger partial charge on any atom is 0.254 e. The van der Waals surface area contributed by atoms with Gasteiger partial charge in [0.1, 0.15) is 12.1 Å². The largest absolute Gasteiger partial charge is 0.394 e. The Kier molecular flexibility index (Phi) is 4.47. The van der Waals surface area contributed by atoms with Crippen molar-refractivity contribution in [3.05, 3.63) is 34.9 Å². The molecule has 8 heteroatoms. The van der Waals surface area contributed by atoms with E-state index < -0.39 is 18.7 Å². The lowest BCUT2D eigenvalue weighted by Gasteiger charge is -2.47. The van der Waals surface area contributed by atoms with E-state index in [0.717, 1.165) is 0 Å². The second-order valence-corrected chi connectivity index (χ2v) is 6.39. The van der Waals surface area contributed by atoms with Crippen LogP contribution in [0.4, 0.5) is 0 Å². The minimum Gasteiger partial charge on any atom is -0.394 e. The number of nitrogens with zero attached hydrogens (tertiary/aromatic N) is 3. The predicted octanol–water partition coefficient (Wildman–Crippen LogP) is -0.174. The van der Waals surface area contributed by atoms with Gasteiger partial charge in [-0.15, -0.1) is 0 Å². The first-order valence-corrected chi connectivity index (χ1v) is 8.04. The summed E-state index contributed by atoms with van der Waals surface area (Å²) in [6.45, 7) is 0.365. The van der Waals surface area contributed by atoms with E-state index in [1.807, 2.05) is 0 Å². The number of aliphatic hydroxyl groups is 1. The molecule has 3 amide bonds. The zero-order chi connectivity index (χ0) is 17.4. The molecule has 128 valence electrons. The average Bonchev–Trinajstić information content (AvgIpc) is 2.60. The van der Waals surface area contributed by atoms with E-state index in [4.69, 9.17) is 11.6 Å². The maximum atomic E-state index is 12.6. The van der Waals surface area contributed by atoms with Crippen LogP contribution in [0.5, 0.6) is 0 Å². The van der Waals surface area contributed by atoms with Crippen molar-refractivity contribution in [1.29, 1.82) is 0 Å². The van der Waals surface area contributed by atoms with Crippen LogP contribution in [0, 0.1) is 0 Å². The number of carbonyl (C=O) groups is 3. The number of rotatable bonds is 2. The molecule has 0 saturated carbocycles. The summed E-state index contributed by atoms with van der Waals surface area (Å²) in [5.41, 5.74) is 0.490. The van der Waals surface area contributed by atoms with Crippen LogP contribution < -0.4 is 0 Å². The van der Waals surface area contributed by atoms with Gasteiger partial charge in [-0.25, -0.2) is 0 Å². The highest BCUT2D eigenvalue weighted by atomic mass is 35.5. The van der Waals surface area contributed by atoms with E-state index in [9.17, 15) is 19.5 Å². The topological polar surface area (TPSA) is 81.2 Å². The zero-order valence-corrected chi connectivity index (χ0v) is 13.9. The fourth-order valence-electron chi connectivity index (χ4n) is 3.16. The van der Waals surface area contributed by atoms with Crippen molar-refractivity contribution in [2.45, 2.75) is 12.1 Å². The molecule has 1 aromatic carbocycles. The molecule has 2 aliphatic rings. The van der Waals surface area contributed by atoms with Gasteiger partial charge in [0.2, 0.25) is 11.8 Å². The highest BCUT2D eigenvalue weighted by Crippen LogP contribution is 2.22. The fraction of sp³-hybridized carbons (Fsp3) is 0.438. The molecule has 2 saturated heterocycles. The molecule has 0 unspecified atom stereocenters. The Morgan fingerprint density at radius 1 is 1.21 bits per heavy atom. The molecule has 1 aromatic rings. The molecule has 2 heterocycles. The third kappa shape index (κ3) is 2.74. The summed E-state index contributed by atoms with van der Waals surface area (Å²) in [7, 11) is 1.50. The van der Waals surface area contributed by atoms with Gasteiger partial charge in [-0.1, -0.05) is 11.6 Å². The number of halogens is 1. The van der Waals surface area contributed by atoms with Crippen molar-refractivity contribution in [3.63, 3.8) is 0 Å². The summed E-state index contributed by atoms with van der Waals surface area (Å²) in [4.78, 5) is 41.8. The lowest BCUT2D eigenvalue weighted by molar-refractivity contribution is -0.164. The minimum absolute atomic E-state index is 0.147. The first kappa shape index (κ1) is 16.7. The van der Waals surface area contributed by atoms with Crippen molar-refractivity contribution in [1.82, 2.24) is 14.7 Å². The first-order chi connectivity index (χ1) is 11.4. The molecule has 24 heavy (non-hydrogen) atoms. The van der Waals surface area contributed by atoms with Gasteiger partial charge in [-0.05, 0) is 24.3 Å². The number of hydrogen-bond donors (Lipinski definition) is 1. The summed E-state index contributed by atoms with van der Waals surface area (Å²) < 4.78 is 0. The molecule has 2 fully saturated rings. The maximum absolute atomic E-state index is 12.6. The Morgan fingerprint density at radius 2 is 1.88 bits per heavy atom. The van der Waals surface area contributed by atoms with Crippen molar-refractivity contribution in [3.8, 4) is 0 Å². The fourth-order valence-corrected chi connectivity index (χ4v) is 3.29. The highest BCUT2D eigenvalue weighted by Gasteiger charge is 2.47. The second kappa shape index (κ2) is 6.41. The minimum atomic E-state index is -0.840. The molecule has 7 nitrogen and oxygen atoms in total. The average molecular weight is 352 g/mol. The Hall–Kier alpha value is -2.12. The predicted molar refractivity (Wildman–Crippen MR) is 86.5 cm³/mol. The van der Waals surface area contributed by atoms with Crippen LogP contribution in [0.1, 0.15) is 10.4 Å². The van der Waals surface area contributed by atoms with Gasteiger partial charge in [-0.2, -0.15) is 0 Å². The number of likely N-dealkylation sites (N-methyl/N-ethyl adjacent to an activating group) is 1. The van der Waals surface area contributed by atoms with E-state index >= 15 is 0 Å². The smallest absolute Gasteiger partial charge is 0.254 e. The van der Waals surface area contributed by atoms with Crippen molar-refractivity contribution < 1.29 is 19.5 Å². The molecular formula is C16H18ClN3O4. The van der Waals surface area contributed by atoms with Crippen LogP contribution in [0.15, 0.2) is 24.3 Å². The molecule has 0 spiro atoms. The Morgan fingerprint density at radius 3 is 2.50 bits per heavy atom. The lowest BCUT2D eigenvalue weighted by Crippen LogP contribution is -2.70. The van der Waals surface area contributed by atoms with Crippen LogP contribution >= 0.6 is 11.6 Å². The number of benzene rings is 1. The summed E-state index contributed by atoms with van der Waals surface area (Å²) in [6.07, 6.45) is 0. The monoisotopic (exact) mass is 351 g/mol. The van der Waals surface area contributed by atoms with E-state index in [0.29, 0.717) is 17.1 Å². The Balaban J connectivity index is 1.78. The van der Waals surface area contributed by atoms with Crippen LogP contribution in [-0.4, -0.2) is 82.9 Å². The second-order valence-electron chi connectivity index (χ2n) is 5.95. The van der Waals surface area contributed by atoms with Gasteiger partial charge in [-0.3, -0.25) is 14.4 Å². The number of amides is 3.